The normalized spacial score (nSPS) is 15.7. The van der Waals surface area contributed by atoms with Crippen molar-refractivity contribution < 1.29 is 12.9 Å². The Hall–Kier alpha value is -3.12. The summed E-state index contributed by atoms with van der Waals surface area (Å²) in [6.45, 7) is 2.74. The van der Waals surface area contributed by atoms with Crippen molar-refractivity contribution >= 4 is 27.6 Å². The van der Waals surface area contributed by atoms with E-state index in [1.807, 2.05) is 44.3 Å². The van der Waals surface area contributed by atoms with Gasteiger partial charge in [0.15, 0.2) is 0 Å². The lowest BCUT2D eigenvalue weighted by atomic mass is 9.98. The zero-order valence-electron chi connectivity index (χ0n) is 18.0. The molecule has 32 heavy (non-hydrogen) atoms. The lowest BCUT2D eigenvalue weighted by Crippen LogP contribution is -2.39. The third kappa shape index (κ3) is 4.70. The van der Waals surface area contributed by atoms with E-state index in [0.717, 1.165) is 5.69 Å². The minimum absolute atomic E-state index is 0.0185. The van der Waals surface area contributed by atoms with E-state index in [9.17, 15) is 8.42 Å². The standard InChI is InChI=1S/C20H26N8O3S/c1-3-13-32(29,30)28-11-9-14(10-12-28)18-22-17(26-31-18)16-23-19(21)25-20(24-16)27(2)15-7-5-4-6-8-15/h4-8,14H,3,9-13H2,1-2H3,(H2,21,23,24,25). The molecule has 12 heteroatoms. The Morgan fingerprint density at radius 2 is 1.81 bits per heavy atom. The molecule has 0 aliphatic carbocycles. The van der Waals surface area contributed by atoms with Crippen LogP contribution < -0.4 is 10.6 Å². The SMILES string of the molecule is CCCS(=O)(=O)N1CCC(c2nc(-c3nc(N)nc(N(C)c4ccccc4)n3)no2)CC1. The Kier molecular flexibility index (Phi) is 6.33. The molecule has 0 spiro atoms. The van der Waals surface area contributed by atoms with Crippen LogP contribution in [0.15, 0.2) is 34.9 Å². The van der Waals surface area contributed by atoms with Crippen LogP contribution in [0.3, 0.4) is 0 Å². The van der Waals surface area contributed by atoms with Crippen LogP contribution in [-0.4, -0.2) is 63.7 Å². The molecule has 11 nitrogen and oxygen atoms in total. The first-order valence-corrected chi connectivity index (χ1v) is 12.1. The van der Waals surface area contributed by atoms with Gasteiger partial charge in [-0.05, 0) is 31.4 Å². The number of hydrogen-bond donors (Lipinski definition) is 1. The highest BCUT2D eigenvalue weighted by Crippen LogP contribution is 2.30. The van der Waals surface area contributed by atoms with Gasteiger partial charge in [-0.25, -0.2) is 12.7 Å². The molecule has 1 fully saturated rings. The first kappa shape index (κ1) is 22.1. The zero-order valence-corrected chi connectivity index (χ0v) is 18.9. The minimum Gasteiger partial charge on any atom is -0.368 e. The number of nitrogens with two attached hydrogens (primary N) is 1. The molecule has 2 aromatic heterocycles. The number of sulfonamides is 1. The molecule has 2 N–H and O–H groups in total. The van der Waals surface area contributed by atoms with Crippen molar-refractivity contribution in [2.24, 2.45) is 0 Å². The second-order valence-electron chi connectivity index (χ2n) is 7.66. The maximum absolute atomic E-state index is 12.3. The van der Waals surface area contributed by atoms with Gasteiger partial charge < -0.3 is 15.2 Å². The number of anilines is 3. The largest absolute Gasteiger partial charge is 0.368 e. The number of para-hydroxylation sites is 1. The average molecular weight is 459 g/mol. The predicted molar refractivity (Wildman–Crippen MR) is 120 cm³/mol. The molecule has 0 atom stereocenters. The minimum atomic E-state index is -3.20. The van der Waals surface area contributed by atoms with Gasteiger partial charge >= 0.3 is 0 Å². The Bertz CT molecular complexity index is 1160. The van der Waals surface area contributed by atoms with Crippen LogP contribution in [0.25, 0.3) is 11.6 Å². The Labute approximate surface area is 186 Å². The Morgan fingerprint density at radius 1 is 1.09 bits per heavy atom. The van der Waals surface area contributed by atoms with E-state index in [2.05, 4.69) is 25.1 Å². The molecule has 3 heterocycles. The number of rotatable bonds is 7. The van der Waals surface area contributed by atoms with Crippen molar-refractivity contribution in [2.45, 2.75) is 32.1 Å². The molecular weight excluding hydrogens is 432 g/mol. The van der Waals surface area contributed by atoms with E-state index < -0.39 is 10.0 Å². The van der Waals surface area contributed by atoms with E-state index in [-0.39, 0.29) is 29.3 Å². The van der Waals surface area contributed by atoms with Crippen molar-refractivity contribution in [3.8, 4) is 11.6 Å². The smallest absolute Gasteiger partial charge is 0.240 e. The van der Waals surface area contributed by atoms with Crippen LogP contribution in [0, 0.1) is 0 Å². The van der Waals surface area contributed by atoms with Crippen LogP contribution >= 0.6 is 0 Å². The summed E-state index contributed by atoms with van der Waals surface area (Å²) in [6, 6.07) is 9.62. The molecule has 3 aromatic rings. The molecule has 1 aromatic carbocycles. The van der Waals surface area contributed by atoms with E-state index in [1.165, 1.54) is 0 Å². The van der Waals surface area contributed by atoms with E-state index in [1.54, 1.807) is 9.21 Å². The second-order valence-corrected chi connectivity index (χ2v) is 9.75. The maximum Gasteiger partial charge on any atom is 0.240 e. The topological polar surface area (TPSA) is 144 Å². The monoisotopic (exact) mass is 458 g/mol. The summed E-state index contributed by atoms with van der Waals surface area (Å²) in [7, 11) is -1.37. The number of benzene rings is 1. The lowest BCUT2D eigenvalue weighted by Gasteiger charge is -2.29. The molecule has 0 saturated carbocycles. The number of nitrogens with zero attached hydrogens (tertiary/aromatic N) is 7. The van der Waals surface area contributed by atoms with Crippen molar-refractivity contribution in [3.63, 3.8) is 0 Å². The molecule has 1 saturated heterocycles. The molecule has 0 unspecified atom stereocenters. The second kappa shape index (κ2) is 9.17. The molecule has 170 valence electrons. The van der Waals surface area contributed by atoms with Gasteiger partial charge in [-0.1, -0.05) is 30.3 Å². The van der Waals surface area contributed by atoms with Gasteiger partial charge in [-0.2, -0.15) is 19.9 Å². The highest BCUT2D eigenvalue weighted by atomic mass is 32.2. The summed E-state index contributed by atoms with van der Waals surface area (Å²) < 4.78 is 31.6. The maximum atomic E-state index is 12.3. The van der Waals surface area contributed by atoms with Gasteiger partial charge in [-0.3, -0.25) is 0 Å². The molecule has 0 bridgehead atoms. The van der Waals surface area contributed by atoms with Crippen molar-refractivity contribution in [1.82, 2.24) is 29.4 Å². The lowest BCUT2D eigenvalue weighted by molar-refractivity contribution is 0.270. The molecule has 0 radical (unpaired) electrons. The van der Waals surface area contributed by atoms with Crippen LogP contribution in [0.1, 0.15) is 38.0 Å². The molecular formula is C20H26N8O3S. The fraction of sp³-hybridized carbons (Fsp3) is 0.450. The number of aromatic nitrogens is 5. The summed E-state index contributed by atoms with van der Waals surface area (Å²) in [5, 5.41) is 4.03. The highest BCUT2D eigenvalue weighted by Gasteiger charge is 2.31. The van der Waals surface area contributed by atoms with E-state index >= 15 is 0 Å². The third-order valence-corrected chi connectivity index (χ3v) is 7.46. The summed E-state index contributed by atoms with van der Waals surface area (Å²) >= 11 is 0. The number of piperidine rings is 1. The van der Waals surface area contributed by atoms with Gasteiger partial charge in [0.2, 0.25) is 39.5 Å². The van der Waals surface area contributed by atoms with E-state index in [4.69, 9.17) is 10.3 Å². The number of nitrogen functional groups attached to an aromatic ring is 1. The molecule has 0 amide bonds. The fourth-order valence-electron chi connectivity index (χ4n) is 3.66. The summed E-state index contributed by atoms with van der Waals surface area (Å²) in [5.41, 5.74) is 6.80. The third-order valence-electron chi connectivity index (χ3n) is 5.38. The Morgan fingerprint density at radius 3 is 2.50 bits per heavy atom. The zero-order chi connectivity index (χ0) is 22.7. The van der Waals surface area contributed by atoms with Gasteiger partial charge in [0.1, 0.15) is 0 Å². The van der Waals surface area contributed by atoms with Gasteiger partial charge in [-0.15, -0.1) is 0 Å². The van der Waals surface area contributed by atoms with Gasteiger partial charge in [0.05, 0.1) is 5.75 Å². The van der Waals surface area contributed by atoms with Crippen LogP contribution in [0.5, 0.6) is 0 Å². The Balaban J connectivity index is 1.50. The van der Waals surface area contributed by atoms with Gasteiger partial charge in [0, 0.05) is 31.7 Å². The first-order chi connectivity index (χ1) is 15.4. The van der Waals surface area contributed by atoms with Crippen molar-refractivity contribution in [1.29, 1.82) is 0 Å². The van der Waals surface area contributed by atoms with Crippen LogP contribution in [-0.2, 0) is 10.0 Å². The van der Waals surface area contributed by atoms with Crippen LogP contribution in [0.4, 0.5) is 17.6 Å². The van der Waals surface area contributed by atoms with Crippen LogP contribution in [0.2, 0.25) is 0 Å². The average Bonchev–Trinajstić information content (AvgIpc) is 3.29. The van der Waals surface area contributed by atoms with Gasteiger partial charge in [0.25, 0.3) is 0 Å². The fourth-order valence-corrected chi connectivity index (χ4v) is 5.20. The highest BCUT2D eigenvalue weighted by molar-refractivity contribution is 7.89. The first-order valence-electron chi connectivity index (χ1n) is 10.5. The molecule has 1 aliphatic heterocycles. The quantitative estimate of drug-likeness (QED) is 0.559. The summed E-state index contributed by atoms with van der Waals surface area (Å²) in [6.07, 6.45) is 1.84. The molecule has 4 rings (SSSR count). The summed E-state index contributed by atoms with van der Waals surface area (Å²) in [4.78, 5) is 19.1. The van der Waals surface area contributed by atoms with E-state index in [0.29, 0.717) is 44.2 Å². The predicted octanol–water partition coefficient (Wildman–Crippen LogP) is 2.19. The van der Waals surface area contributed by atoms with Crippen molar-refractivity contribution in [3.05, 3.63) is 36.2 Å². The van der Waals surface area contributed by atoms with Crippen molar-refractivity contribution in [2.75, 3.05) is 36.5 Å². The number of hydrogen-bond acceptors (Lipinski definition) is 10. The molecule has 1 aliphatic rings. The summed E-state index contributed by atoms with van der Waals surface area (Å²) in [5.74, 6) is 1.45.